The minimum absolute atomic E-state index is 0.0291. The predicted molar refractivity (Wildman–Crippen MR) is 193 cm³/mol. The van der Waals surface area contributed by atoms with Crippen LogP contribution in [-0.4, -0.2) is 76.0 Å². The molecule has 3 saturated carbocycles. The van der Waals surface area contributed by atoms with E-state index in [0.717, 1.165) is 44.9 Å². The van der Waals surface area contributed by atoms with Crippen molar-refractivity contribution in [2.45, 2.75) is 139 Å². The standard InChI is InChI=1S/C38H68N4O8/c1-26-15-27(17-34(2,3)16-26)22-39-30(43)47-11-13-50-33(46)42-29-20-37(8,9)24-38(10,21-29)25-40-31(44)48-12-14-49-32(45)41-28-18-35(4,5)23-36(6,7)19-28/h26-29H,11-25H2,1-10H3,(H,39,43)(H,40,44)(H,41,45)(H,42,46). The molecule has 288 valence electrons. The zero-order chi connectivity index (χ0) is 37.4. The van der Waals surface area contributed by atoms with E-state index in [1.165, 1.54) is 6.42 Å². The van der Waals surface area contributed by atoms with Crippen LogP contribution >= 0.6 is 0 Å². The highest BCUT2D eigenvalue weighted by atomic mass is 16.6. The molecule has 4 amide bonds. The number of alkyl carbamates (subject to hydrolysis) is 4. The molecule has 0 aromatic heterocycles. The van der Waals surface area contributed by atoms with E-state index in [2.05, 4.69) is 90.5 Å². The highest BCUT2D eigenvalue weighted by Crippen LogP contribution is 2.47. The summed E-state index contributed by atoms with van der Waals surface area (Å²) in [4.78, 5) is 49.7. The lowest BCUT2D eigenvalue weighted by molar-refractivity contribution is 0.0550. The molecule has 0 saturated heterocycles. The van der Waals surface area contributed by atoms with E-state index in [-0.39, 0.29) is 65.6 Å². The van der Waals surface area contributed by atoms with Gasteiger partial charge in [-0.15, -0.1) is 0 Å². The molecule has 50 heavy (non-hydrogen) atoms. The van der Waals surface area contributed by atoms with E-state index < -0.39 is 24.4 Å². The van der Waals surface area contributed by atoms with Gasteiger partial charge in [0.25, 0.3) is 0 Å². The van der Waals surface area contributed by atoms with Gasteiger partial charge >= 0.3 is 24.4 Å². The Balaban J connectivity index is 1.30. The minimum Gasteiger partial charge on any atom is -0.446 e. The predicted octanol–water partition coefficient (Wildman–Crippen LogP) is 7.54. The fourth-order valence-corrected chi connectivity index (χ4v) is 10.1. The zero-order valence-corrected chi connectivity index (χ0v) is 32.7. The quantitative estimate of drug-likeness (QED) is 0.120. The van der Waals surface area contributed by atoms with Crippen LogP contribution in [-0.2, 0) is 18.9 Å². The third-order valence-corrected chi connectivity index (χ3v) is 10.4. The van der Waals surface area contributed by atoms with Crippen molar-refractivity contribution >= 4 is 24.4 Å². The Morgan fingerprint density at radius 1 is 0.540 bits per heavy atom. The fraction of sp³-hybridized carbons (Fsp3) is 0.895. The molecular formula is C38H68N4O8. The molecule has 0 aromatic carbocycles. The maximum Gasteiger partial charge on any atom is 0.407 e. The zero-order valence-electron chi connectivity index (χ0n) is 32.7. The van der Waals surface area contributed by atoms with Gasteiger partial charge in [0.1, 0.15) is 26.4 Å². The summed E-state index contributed by atoms with van der Waals surface area (Å²) in [6, 6.07) is -0.112. The monoisotopic (exact) mass is 709 g/mol. The summed E-state index contributed by atoms with van der Waals surface area (Å²) < 4.78 is 21.1. The van der Waals surface area contributed by atoms with Crippen LogP contribution in [0.4, 0.5) is 19.2 Å². The first-order valence-corrected chi connectivity index (χ1v) is 18.7. The maximum absolute atomic E-state index is 12.6. The van der Waals surface area contributed by atoms with Gasteiger partial charge in [-0.1, -0.05) is 69.2 Å². The maximum atomic E-state index is 12.6. The molecular weight excluding hydrogens is 640 g/mol. The molecule has 3 aliphatic carbocycles. The Morgan fingerprint density at radius 3 is 1.48 bits per heavy atom. The van der Waals surface area contributed by atoms with Crippen molar-refractivity contribution in [3.8, 4) is 0 Å². The van der Waals surface area contributed by atoms with Gasteiger partial charge in [-0.05, 0) is 96.7 Å². The number of amides is 4. The lowest BCUT2D eigenvalue weighted by Crippen LogP contribution is -2.50. The number of carbonyl (C=O) groups is 4. The summed E-state index contributed by atoms with van der Waals surface area (Å²) in [6.07, 6.45) is 6.36. The Labute approximate surface area is 301 Å². The number of ether oxygens (including phenoxy) is 4. The van der Waals surface area contributed by atoms with Crippen molar-refractivity contribution in [3.63, 3.8) is 0 Å². The highest BCUT2D eigenvalue weighted by Gasteiger charge is 2.42. The lowest BCUT2D eigenvalue weighted by Gasteiger charge is -2.46. The molecule has 0 heterocycles. The summed E-state index contributed by atoms with van der Waals surface area (Å²) in [5, 5.41) is 11.6. The second-order valence-electron chi connectivity index (χ2n) is 19.2. The number of hydrogen-bond donors (Lipinski definition) is 4. The molecule has 0 radical (unpaired) electrons. The van der Waals surface area contributed by atoms with Crippen molar-refractivity contribution in [3.05, 3.63) is 0 Å². The largest absolute Gasteiger partial charge is 0.446 e. The van der Waals surface area contributed by atoms with Gasteiger partial charge in [0.05, 0.1) is 0 Å². The Hall–Kier alpha value is -2.92. The second kappa shape index (κ2) is 17.1. The number of hydrogen-bond acceptors (Lipinski definition) is 8. The molecule has 3 aliphatic rings. The Bertz CT molecular complexity index is 1160. The SMILES string of the molecule is CC1CC(CNC(=O)OCCOC(=O)NC2CC(C)(C)CC(C)(CNC(=O)OCCOC(=O)NC3CC(C)(C)CC(C)(C)C3)C2)CC(C)(C)C1. The van der Waals surface area contributed by atoms with Crippen LogP contribution in [0.15, 0.2) is 0 Å². The normalized spacial score (nSPS) is 28.3. The van der Waals surface area contributed by atoms with E-state index in [1.807, 2.05) is 0 Å². The van der Waals surface area contributed by atoms with Crippen LogP contribution in [0.2, 0.25) is 0 Å². The molecule has 4 atom stereocenters. The van der Waals surface area contributed by atoms with Crippen LogP contribution in [0.25, 0.3) is 0 Å². The van der Waals surface area contributed by atoms with E-state index in [9.17, 15) is 19.2 Å². The van der Waals surface area contributed by atoms with Gasteiger partial charge in [-0.2, -0.15) is 0 Å². The number of carbonyl (C=O) groups excluding carboxylic acids is 4. The molecule has 4 unspecified atom stereocenters. The lowest BCUT2D eigenvalue weighted by atomic mass is 9.62. The molecule has 0 spiro atoms. The van der Waals surface area contributed by atoms with Crippen molar-refractivity contribution < 1.29 is 38.1 Å². The molecule has 3 rings (SSSR count). The van der Waals surface area contributed by atoms with Gasteiger partial charge < -0.3 is 40.2 Å². The van der Waals surface area contributed by atoms with Crippen LogP contribution in [0, 0.1) is 38.9 Å². The molecule has 4 N–H and O–H groups in total. The van der Waals surface area contributed by atoms with Gasteiger partial charge in [-0.25, -0.2) is 19.2 Å². The van der Waals surface area contributed by atoms with Crippen molar-refractivity contribution in [2.75, 3.05) is 39.5 Å². The number of rotatable bonds is 12. The van der Waals surface area contributed by atoms with Gasteiger partial charge in [0.15, 0.2) is 0 Å². The molecule has 0 aliphatic heterocycles. The molecule has 12 nitrogen and oxygen atoms in total. The first-order chi connectivity index (χ1) is 23.0. The average molecular weight is 709 g/mol. The average Bonchev–Trinajstić information content (AvgIpc) is 2.91. The van der Waals surface area contributed by atoms with Crippen molar-refractivity contribution in [1.82, 2.24) is 21.3 Å². The van der Waals surface area contributed by atoms with Crippen LogP contribution in [0.5, 0.6) is 0 Å². The van der Waals surface area contributed by atoms with Crippen LogP contribution < -0.4 is 21.3 Å². The third kappa shape index (κ3) is 15.1. The first kappa shape index (κ1) is 41.5. The highest BCUT2D eigenvalue weighted by molar-refractivity contribution is 5.69. The fourth-order valence-electron chi connectivity index (χ4n) is 10.1. The summed E-state index contributed by atoms with van der Waals surface area (Å²) in [5.74, 6) is 1.07. The van der Waals surface area contributed by atoms with E-state index in [1.54, 1.807) is 0 Å². The molecule has 0 aromatic rings. The number of nitrogens with one attached hydrogen (secondary N) is 4. The topological polar surface area (TPSA) is 153 Å². The summed E-state index contributed by atoms with van der Waals surface area (Å²) >= 11 is 0. The van der Waals surface area contributed by atoms with E-state index in [0.29, 0.717) is 31.3 Å². The van der Waals surface area contributed by atoms with Gasteiger partial charge in [-0.3, -0.25) is 0 Å². The summed E-state index contributed by atoms with van der Waals surface area (Å²) in [7, 11) is 0. The van der Waals surface area contributed by atoms with E-state index >= 15 is 0 Å². The van der Waals surface area contributed by atoms with Crippen molar-refractivity contribution in [1.29, 1.82) is 0 Å². The smallest absolute Gasteiger partial charge is 0.407 e. The molecule has 3 fully saturated rings. The second-order valence-corrected chi connectivity index (χ2v) is 19.2. The first-order valence-electron chi connectivity index (χ1n) is 18.7. The summed E-state index contributed by atoms with van der Waals surface area (Å²) in [5.41, 5.74) is 0.177. The van der Waals surface area contributed by atoms with Crippen molar-refractivity contribution in [2.24, 2.45) is 38.9 Å². The molecule has 0 bridgehead atoms. The summed E-state index contributed by atoms with van der Waals surface area (Å²) in [6.45, 7) is 22.9. The van der Waals surface area contributed by atoms with Crippen LogP contribution in [0.1, 0.15) is 127 Å². The minimum atomic E-state index is -0.584. The van der Waals surface area contributed by atoms with E-state index in [4.69, 9.17) is 18.9 Å². The van der Waals surface area contributed by atoms with Gasteiger partial charge in [0.2, 0.25) is 0 Å². The Morgan fingerprint density at radius 2 is 0.980 bits per heavy atom. The Kier molecular flexibility index (Phi) is 14.2. The van der Waals surface area contributed by atoms with Gasteiger partial charge in [0, 0.05) is 25.2 Å². The third-order valence-electron chi connectivity index (χ3n) is 10.4. The molecule has 12 heteroatoms. The van der Waals surface area contributed by atoms with Crippen LogP contribution in [0.3, 0.4) is 0 Å².